The summed E-state index contributed by atoms with van der Waals surface area (Å²) in [5.74, 6) is 4.84. The highest BCUT2D eigenvalue weighted by Crippen LogP contribution is 2.40. The molecule has 0 radical (unpaired) electrons. The molecule has 1 atom stereocenters. The Balaban J connectivity index is 2.50. The molecule has 3 nitrogen and oxygen atoms in total. The summed E-state index contributed by atoms with van der Waals surface area (Å²) >= 11 is 0. The third kappa shape index (κ3) is 1.59. The van der Waals surface area contributed by atoms with Crippen LogP contribution in [0, 0.1) is 12.3 Å². The lowest BCUT2D eigenvalue weighted by molar-refractivity contribution is 0.174. The Kier molecular flexibility index (Phi) is 2.42. The van der Waals surface area contributed by atoms with Gasteiger partial charge in [0.1, 0.15) is 5.75 Å². The number of ether oxygens (including phenoxy) is 3. The van der Waals surface area contributed by atoms with Gasteiger partial charge >= 0.3 is 0 Å². The largest absolute Gasteiger partial charge is 0.496 e. The van der Waals surface area contributed by atoms with Gasteiger partial charge in [0.2, 0.25) is 6.79 Å². The summed E-state index contributed by atoms with van der Waals surface area (Å²) in [6, 6.07) is 3.69. The summed E-state index contributed by atoms with van der Waals surface area (Å²) in [5, 5.41) is 0. The molecule has 0 aliphatic carbocycles. The molecule has 1 aromatic carbocycles. The van der Waals surface area contributed by atoms with Crippen LogP contribution in [-0.4, -0.2) is 13.9 Å². The zero-order valence-electron chi connectivity index (χ0n) is 8.74. The predicted octanol–water partition coefficient (Wildman–Crippen LogP) is 2.16. The van der Waals surface area contributed by atoms with Crippen LogP contribution in [0.15, 0.2) is 12.1 Å². The van der Waals surface area contributed by atoms with E-state index in [0.29, 0.717) is 5.75 Å². The predicted molar refractivity (Wildman–Crippen MR) is 56.4 cm³/mol. The van der Waals surface area contributed by atoms with Crippen LogP contribution in [0.5, 0.6) is 17.2 Å². The molecule has 0 fully saturated rings. The third-order valence-electron chi connectivity index (χ3n) is 2.44. The normalized spacial score (nSPS) is 14.5. The second kappa shape index (κ2) is 3.74. The molecule has 0 saturated heterocycles. The Morgan fingerprint density at radius 3 is 2.67 bits per heavy atom. The number of rotatable bonds is 2. The zero-order valence-corrected chi connectivity index (χ0v) is 8.74. The van der Waals surface area contributed by atoms with Crippen molar-refractivity contribution in [1.29, 1.82) is 0 Å². The molecule has 1 aliphatic heterocycles. The first-order chi connectivity index (χ1) is 7.26. The molecule has 0 bridgehead atoms. The summed E-state index contributed by atoms with van der Waals surface area (Å²) in [6.45, 7) is 2.20. The van der Waals surface area contributed by atoms with Crippen LogP contribution >= 0.6 is 0 Å². The van der Waals surface area contributed by atoms with Gasteiger partial charge in [-0.15, -0.1) is 6.42 Å². The van der Waals surface area contributed by atoms with E-state index in [1.54, 1.807) is 7.11 Å². The third-order valence-corrected chi connectivity index (χ3v) is 2.44. The molecule has 1 heterocycles. The van der Waals surface area contributed by atoms with Crippen LogP contribution in [0.25, 0.3) is 0 Å². The molecule has 1 unspecified atom stereocenters. The second-order valence-electron chi connectivity index (χ2n) is 3.34. The minimum Gasteiger partial charge on any atom is -0.496 e. The highest BCUT2D eigenvalue weighted by atomic mass is 16.7. The average Bonchev–Trinajstić information content (AvgIpc) is 2.73. The molecule has 78 valence electrons. The van der Waals surface area contributed by atoms with Gasteiger partial charge in [-0.1, -0.05) is 5.92 Å². The van der Waals surface area contributed by atoms with Crippen molar-refractivity contribution in [3.8, 4) is 29.6 Å². The van der Waals surface area contributed by atoms with Crippen molar-refractivity contribution in [2.75, 3.05) is 13.9 Å². The van der Waals surface area contributed by atoms with Crippen LogP contribution in [-0.2, 0) is 0 Å². The molecular formula is C12H12O3. The Morgan fingerprint density at radius 1 is 1.40 bits per heavy atom. The maximum absolute atomic E-state index is 5.40. The van der Waals surface area contributed by atoms with E-state index in [0.717, 1.165) is 17.1 Å². The van der Waals surface area contributed by atoms with Crippen molar-refractivity contribution in [3.63, 3.8) is 0 Å². The summed E-state index contributed by atoms with van der Waals surface area (Å²) in [5.41, 5.74) is 0.948. The zero-order chi connectivity index (χ0) is 10.8. The van der Waals surface area contributed by atoms with E-state index in [1.807, 2.05) is 19.1 Å². The van der Waals surface area contributed by atoms with Gasteiger partial charge in [-0.25, -0.2) is 0 Å². The number of terminal acetylenes is 1. The van der Waals surface area contributed by atoms with Crippen molar-refractivity contribution < 1.29 is 14.2 Å². The lowest BCUT2D eigenvalue weighted by Crippen LogP contribution is -1.95. The van der Waals surface area contributed by atoms with E-state index >= 15 is 0 Å². The Labute approximate surface area is 89.0 Å². The van der Waals surface area contributed by atoms with Gasteiger partial charge in [0, 0.05) is 17.5 Å². The second-order valence-corrected chi connectivity index (χ2v) is 3.34. The van der Waals surface area contributed by atoms with Crippen molar-refractivity contribution in [2.45, 2.75) is 12.8 Å². The van der Waals surface area contributed by atoms with Gasteiger partial charge in [0.05, 0.1) is 7.11 Å². The van der Waals surface area contributed by atoms with Crippen LogP contribution in [0.1, 0.15) is 18.4 Å². The molecule has 2 rings (SSSR count). The van der Waals surface area contributed by atoms with E-state index in [-0.39, 0.29) is 12.7 Å². The van der Waals surface area contributed by atoms with Crippen LogP contribution in [0.3, 0.4) is 0 Å². The van der Waals surface area contributed by atoms with Crippen LogP contribution < -0.4 is 14.2 Å². The molecule has 0 spiro atoms. The van der Waals surface area contributed by atoms with Gasteiger partial charge < -0.3 is 14.2 Å². The number of fused-ring (bicyclic) bond motifs is 1. The summed E-state index contributed by atoms with van der Waals surface area (Å²) < 4.78 is 15.8. The van der Waals surface area contributed by atoms with E-state index in [2.05, 4.69) is 5.92 Å². The lowest BCUT2D eigenvalue weighted by Gasteiger charge is -2.11. The Hall–Kier alpha value is -1.82. The molecule has 15 heavy (non-hydrogen) atoms. The van der Waals surface area contributed by atoms with Crippen molar-refractivity contribution in [2.24, 2.45) is 0 Å². The molecule has 0 aromatic heterocycles. The first kappa shape index (κ1) is 9.72. The van der Waals surface area contributed by atoms with Gasteiger partial charge in [-0.3, -0.25) is 0 Å². The van der Waals surface area contributed by atoms with Crippen molar-refractivity contribution >= 4 is 0 Å². The fourth-order valence-corrected chi connectivity index (χ4v) is 1.54. The first-order valence-electron chi connectivity index (χ1n) is 4.70. The molecule has 0 saturated carbocycles. The SMILES string of the molecule is C#CC(C)c1cc2c(cc1OC)OCO2. The van der Waals surface area contributed by atoms with Gasteiger partial charge in [0.15, 0.2) is 11.5 Å². The first-order valence-corrected chi connectivity index (χ1v) is 4.70. The standard InChI is InChI=1S/C12H12O3/c1-4-8(2)9-5-11-12(15-7-14-11)6-10(9)13-3/h1,5-6,8H,7H2,2-3H3. The number of benzene rings is 1. The molecule has 0 N–H and O–H groups in total. The van der Waals surface area contributed by atoms with Crippen molar-refractivity contribution in [3.05, 3.63) is 17.7 Å². The average molecular weight is 204 g/mol. The molecular weight excluding hydrogens is 192 g/mol. The number of hydrogen-bond acceptors (Lipinski definition) is 3. The van der Waals surface area contributed by atoms with E-state index in [4.69, 9.17) is 20.6 Å². The molecule has 3 heteroatoms. The lowest BCUT2D eigenvalue weighted by atomic mass is 10.0. The fraction of sp³-hybridized carbons (Fsp3) is 0.333. The maximum atomic E-state index is 5.40. The van der Waals surface area contributed by atoms with Crippen LogP contribution in [0.2, 0.25) is 0 Å². The van der Waals surface area contributed by atoms with Gasteiger partial charge in [0.25, 0.3) is 0 Å². The van der Waals surface area contributed by atoms with E-state index < -0.39 is 0 Å². The highest BCUT2D eigenvalue weighted by Gasteiger charge is 2.19. The topological polar surface area (TPSA) is 27.7 Å². The summed E-state index contributed by atoms with van der Waals surface area (Å²) in [7, 11) is 1.62. The van der Waals surface area contributed by atoms with Gasteiger partial charge in [-0.05, 0) is 13.0 Å². The van der Waals surface area contributed by atoms with Crippen LogP contribution in [0.4, 0.5) is 0 Å². The molecule has 0 amide bonds. The van der Waals surface area contributed by atoms with Crippen molar-refractivity contribution in [1.82, 2.24) is 0 Å². The number of methoxy groups -OCH3 is 1. The Bertz CT molecular complexity index is 418. The van der Waals surface area contributed by atoms with Gasteiger partial charge in [-0.2, -0.15) is 0 Å². The fourth-order valence-electron chi connectivity index (χ4n) is 1.54. The molecule has 1 aliphatic rings. The summed E-state index contributed by atoms with van der Waals surface area (Å²) in [6.07, 6.45) is 5.40. The molecule has 1 aromatic rings. The minimum absolute atomic E-state index is 0.00514. The van der Waals surface area contributed by atoms with E-state index in [1.165, 1.54) is 0 Å². The monoisotopic (exact) mass is 204 g/mol. The highest BCUT2D eigenvalue weighted by molar-refractivity contribution is 5.54. The number of hydrogen-bond donors (Lipinski definition) is 0. The van der Waals surface area contributed by atoms with E-state index in [9.17, 15) is 0 Å². The quantitative estimate of drug-likeness (QED) is 0.691. The smallest absolute Gasteiger partial charge is 0.231 e. The summed E-state index contributed by atoms with van der Waals surface area (Å²) in [4.78, 5) is 0. The minimum atomic E-state index is -0.00514. The maximum Gasteiger partial charge on any atom is 0.231 e. The Morgan fingerprint density at radius 2 is 2.07 bits per heavy atom.